The molecule has 0 aliphatic rings. The summed E-state index contributed by atoms with van der Waals surface area (Å²) in [5, 5.41) is 10.9. The number of aryl methyl sites for hydroxylation is 1. The van der Waals surface area contributed by atoms with Gasteiger partial charge in [-0.2, -0.15) is 0 Å². The van der Waals surface area contributed by atoms with Crippen molar-refractivity contribution < 1.29 is 19.0 Å². The highest BCUT2D eigenvalue weighted by atomic mass is 32.1. The van der Waals surface area contributed by atoms with Gasteiger partial charge < -0.3 is 19.3 Å². The van der Waals surface area contributed by atoms with Crippen molar-refractivity contribution in [2.24, 2.45) is 0 Å². The maximum absolute atomic E-state index is 13.4. The molecular weight excluding hydrogens is 417 g/mol. The van der Waals surface area contributed by atoms with Crippen LogP contribution >= 0.6 is 12.2 Å². The molecule has 0 spiro atoms. The van der Waals surface area contributed by atoms with Crippen LogP contribution in [0.2, 0.25) is 0 Å². The minimum Gasteiger partial charge on any atom is -0.493 e. The summed E-state index contributed by atoms with van der Waals surface area (Å²) >= 11 is 5.62. The molecule has 31 heavy (non-hydrogen) atoms. The molecule has 1 heterocycles. The second-order valence-electron chi connectivity index (χ2n) is 7.31. The van der Waals surface area contributed by atoms with Gasteiger partial charge in [0.1, 0.15) is 5.82 Å². The van der Waals surface area contributed by atoms with Crippen LogP contribution in [-0.2, 0) is 28.9 Å². The SMILES string of the molecule is CCOC(=O)Cc1c(O)n(-c2ccc(F)cc2)c(=S)n1CCc1ccc(N(C)C)cc1. The minimum atomic E-state index is -0.451. The Morgan fingerprint density at radius 2 is 1.77 bits per heavy atom. The maximum atomic E-state index is 13.4. The van der Waals surface area contributed by atoms with E-state index in [9.17, 15) is 14.3 Å². The van der Waals surface area contributed by atoms with Crippen molar-refractivity contribution in [1.82, 2.24) is 9.13 Å². The van der Waals surface area contributed by atoms with E-state index in [-0.39, 0.29) is 24.7 Å². The Bertz CT molecular complexity index is 1100. The highest BCUT2D eigenvalue weighted by Gasteiger charge is 2.21. The first-order valence-corrected chi connectivity index (χ1v) is 10.4. The largest absolute Gasteiger partial charge is 0.493 e. The van der Waals surface area contributed by atoms with Crippen LogP contribution in [0.3, 0.4) is 0 Å². The zero-order valence-corrected chi connectivity index (χ0v) is 18.7. The molecule has 0 fully saturated rings. The lowest BCUT2D eigenvalue weighted by molar-refractivity contribution is -0.142. The topological polar surface area (TPSA) is 59.6 Å². The molecular formula is C23H26FN3O3S. The molecule has 2 aromatic carbocycles. The summed E-state index contributed by atoms with van der Waals surface area (Å²) in [6.07, 6.45) is 0.543. The van der Waals surface area contributed by atoms with Gasteiger partial charge in [-0.1, -0.05) is 12.1 Å². The molecule has 1 aromatic heterocycles. The van der Waals surface area contributed by atoms with Crippen molar-refractivity contribution in [3.8, 4) is 11.6 Å². The van der Waals surface area contributed by atoms with Gasteiger partial charge in [-0.05, 0) is 67.5 Å². The Hall–Kier alpha value is -3.13. The number of hydrogen-bond donors (Lipinski definition) is 1. The van der Waals surface area contributed by atoms with Gasteiger partial charge in [-0.25, -0.2) is 4.39 Å². The molecule has 0 aliphatic heterocycles. The molecule has 6 nitrogen and oxygen atoms in total. The first-order chi connectivity index (χ1) is 14.8. The van der Waals surface area contributed by atoms with Crippen LogP contribution < -0.4 is 4.90 Å². The van der Waals surface area contributed by atoms with E-state index in [2.05, 4.69) is 0 Å². The molecule has 164 valence electrons. The molecule has 0 aliphatic carbocycles. The Morgan fingerprint density at radius 1 is 1.13 bits per heavy atom. The van der Waals surface area contributed by atoms with Crippen molar-refractivity contribution in [3.05, 3.63) is 70.4 Å². The number of rotatable bonds is 8. The third-order valence-corrected chi connectivity index (χ3v) is 5.40. The fourth-order valence-electron chi connectivity index (χ4n) is 3.35. The second kappa shape index (κ2) is 9.78. The number of esters is 1. The highest BCUT2D eigenvalue weighted by Crippen LogP contribution is 2.27. The van der Waals surface area contributed by atoms with E-state index in [1.807, 2.05) is 43.3 Å². The number of halogens is 1. The summed E-state index contributed by atoms with van der Waals surface area (Å²) in [6.45, 7) is 2.44. The van der Waals surface area contributed by atoms with E-state index in [0.717, 1.165) is 11.3 Å². The van der Waals surface area contributed by atoms with Gasteiger partial charge >= 0.3 is 5.97 Å². The van der Waals surface area contributed by atoms with Crippen molar-refractivity contribution in [2.75, 3.05) is 25.6 Å². The van der Waals surface area contributed by atoms with Gasteiger partial charge in [0.2, 0.25) is 5.88 Å². The number of aromatic hydroxyl groups is 1. The summed E-state index contributed by atoms with van der Waals surface area (Å²) in [7, 11) is 3.97. The predicted molar refractivity (Wildman–Crippen MR) is 121 cm³/mol. The number of benzene rings is 2. The molecule has 0 atom stereocenters. The third kappa shape index (κ3) is 5.14. The maximum Gasteiger partial charge on any atom is 0.311 e. The van der Waals surface area contributed by atoms with Crippen LogP contribution in [-0.4, -0.2) is 40.9 Å². The fraction of sp³-hybridized carbons (Fsp3) is 0.304. The summed E-state index contributed by atoms with van der Waals surface area (Å²) in [5.41, 5.74) is 3.09. The summed E-state index contributed by atoms with van der Waals surface area (Å²) in [4.78, 5) is 14.2. The lowest BCUT2D eigenvalue weighted by Crippen LogP contribution is -2.13. The number of nitrogens with zero attached hydrogens (tertiary/aromatic N) is 3. The number of imidazole rings is 1. The van der Waals surface area contributed by atoms with E-state index in [1.165, 1.54) is 28.8 Å². The van der Waals surface area contributed by atoms with Crippen LogP contribution in [0.25, 0.3) is 5.69 Å². The van der Waals surface area contributed by atoms with Crippen LogP contribution in [0, 0.1) is 10.6 Å². The van der Waals surface area contributed by atoms with Crippen molar-refractivity contribution in [1.29, 1.82) is 0 Å². The zero-order chi connectivity index (χ0) is 22.5. The summed E-state index contributed by atoms with van der Waals surface area (Å²) < 4.78 is 21.9. The van der Waals surface area contributed by atoms with Crippen LogP contribution in [0.4, 0.5) is 10.1 Å². The van der Waals surface area contributed by atoms with Crippen LogP contribution in [0.5, 0.6) is 5.88 Å². The van der Waals surface area contributed by atoms with Gasteiger partial charge in [-0.15, -0.1) is 0 Å². The first kappa shape index (κ1) is 22.6. The smallest absolute Gasteiger partial charge is 0.311 e. The number of aromatic nitrogens is 2. The number of carbonyl (C=O) groups excluding carboxylic acids is 1. The summed E-state index contributed by atoms with van der Waals surface area (Å²) in [5.74, 6) is -0.983. The summed E-state index contributed by atoms with van der Waals surface area (Å²) in [6, 6.07) is 13.8. The zero-order valence-electron chi connectivity index (χ0n) is 17.8. The molecule has 3 rings (SSSR count). The highest BCUT2D eigenvalue weighted by molar-refractivity contribution is 7.71. The Kier molecular flexibility index (Phi) is 7.12. The fourth-order valence-corrected chi connectivity index (χ4v) is 3.75. The Morgan fingerprint density at radius 3 is 2.35 bits per heavy atom. The standard InChI is InChI=1S/C23H26FN3O3S/c1-4-30-21(28)15-20-22(29)27(19-11-7-17(24)8-12-19)23(31)26(20)14-13-16-5-9-18(10-6-16)25(2)3/h5-12,29H,4,13-15H2,1-3H3. The Labute approximate surface area is 186 Å². The molecule has 0 bridgehead atoms. The normalized spacial score (nSPS) is 10.8. The van der Waals surface area contributed by atoms with Crippen LogP contribution in [0.1, 0.15) is 18.2 Å². The van der Waals surface area contributed by atoms with E-state index in [1.54, 1.807) is 11.5 Å². The monoisotopic (exact) mass is 443 g/mol. The van der Waals surface area contributed by atoms with E-state index < -0.39 is 5.97 Å². The number of carbonyl (C=O) groups is 1. The van der Waals surface area contributed by atoms with E-state index in [0.29, 0.717) is 29.1 Å². The first-order valence-electron chi connectivity index (χ1n) is 10.0. The van der Waals surface area contributed by atoms with E-state index in [4.69, 9.17) is 17.0 Å². The lowest BCUT2D eigenvalue weighted by Gasteiger charge is -2.13. The number of anilines is 1. The molecule has 0 radical (unpaired) electrons. The molecule has 0 amide bonds. The molecule has 0 saturated heterocycles. The lowest BCUT2D eigenvalue weighted by atomic mass is 10.1. The van der Waals surface area contributed by atoms with Gasteiger partial charge in [0.15, 0.2) is 4.77 Å². The third-order valence-electron chi connectivity index (χ3n) is 5.00. The van der Waals surface area contributed by atoms with Crippen molar-refractivity contribution in [3.63, 3.8) is 0 Å². The second-order valence-corrected chi connectivity index (χ2v) is 7.67. The van der Waals surface area contributed by atoms with E-state index >= 15 is 0 Å². The Balaban J connectivity index is 1.96. The molecule has 0 unspecified atom stereocenters. The quantitative estimate of drug-likeness (QED) is 0.416. The number of ether oxygens (including phenoxy) is 1. The van der Waals surface area contributed by atoms with Gasteiger partial charge in [0.05, 0.1) is 24.4 Å². The average Bonchev–Trinajstić information content (AvgIpc) is 2.97. The van der Waals surface area contributed by atoms with Gasteiger partial charge in [-0.3, -0.25) is 9.36 Å². The van der Waals surface area contributed by atoms with Gasteiger partial charge in [0, 0.05) is 26.3 Å². The average molecular weight is 444 g/mol. The molecule has 3 aromatic rings. The number of hydrogen-bond acceptors (Lipinski definition) is 5. The molecule has 1 N–H and O–H groups in total. The van der Waals surface area contributed by atoms with Crippen molar-refractivity contribution in [2.45, 2.75) is 26.3 Å². The minimum absolute atomic E-state index is 0.114. The van der Waals surface area contributed by atoms with Crippen molar-refractivity contribution >= 4 is 23.9 Å². The molecule has 0 saturated carbocycles. The molecule has 8 heteroatoms. The van der Waals surface area contributed by atoms with Crippen LogP contribution in [0.15, 0.2) is 48.5 Å². The van der Waals surface area contributed by atoms with Gasteiger partial charge in [0.25, 0.3) is 0 Å². The predicted octanol–water partition coefficient (Wildman–Crippen LogP) is 4.27.